The summed E-state index contributed by atoms with van der Waals surface area (Å²) in [6.07, 6.45) is 25.9. The van der Waals surface area contributed by atoms with Crippen molar-refractivity contribution in [2.45, 2.75) is 127 Å². The second-order valence-corrected chi connectivity index (χ2v) is 8.60. The third-order valence-electron chi connectivity index (χ3n) is 5.42. The highest BCUT2D eigenvalue weighted by Crippen LogP contribution is 2.10. The van der Waals surface area contributed by atoms with Gasteiger partial charge in [-0.2, -0.15) is 0 Å². The number of aliphatic hydroxyl groups is 4. The zero-order valence-corrected chi connectivity index (χ0v) is 20.7. The standard InChI is InChI=1S/C30H44O4/c1-3-27(31)21-17-13-9-5-7-11-15-19-23-29(33)25-26-30(34)24-20-16-12-8-6-10-14-18-22-28(32)4-2/h1-2,25-34H,5-18,21-22H2/b26-25-/t27-,28-,29-,30-/m1/s1. The zero-order chi connectivity index (χ0) is 25.3. The second-order valence-electron chi connectivity index (χ2n) is 8.60. The molecule has 4 nitrogen and oxygen atoms in total. The van der Waals surface area contributed by atoms with Crippen LogP contribution in [0.3, 0.4) is 0 Å². The van der Waals surface area contributed by atoms with Gasteiger partial charge in [-0.05, 0) is 50.7 Å². The fourth-order valence-corrected chi connectivity index (χ4v) is 3.34. The lowest BCUT2D eigenvalue weighted by Crippen LogP contribution is -2.02. The monoisotopic (exact) mass is 468 g/mol. The number of rotatable bonds is 18. The van der Waals surface area contributed by atoms with Gasteiger partial charge in [0, 0.05) is 12.8 Å². The van der Waals surface area contributed by atoms with Crippen molar-refractivity contribution < 1.29 is 20.4 Å². The highest BCUT2D eigenvalue weighted by atomic mass is 16.3. The summed E-state index contributed by atoms with van der Waals surface area (Å²) in [5, 5.41) is 38.3. The molecule has 0 heterocycles. The molecule has 0 aliphatic heterocycles. The molecule has 188 valence electrons. The summed E-state index contributed by atoms with van der Waals surface area (Å²) in [6.45, 7) is 0. The second kappa shape index (κ2) is 24.0. The van der Waals surface area contributed by atoms with Crippen LogP contribution in [0.5, 0.6) is 0 Å². The van der Waals surface area contributed by atoms with Gasteiger partial charge in [0.2, 0.25) is 0 Å². The Morgan fingerprint density at radius 3 is 1.18 bits per heavy atom. The maximum atomic E-state index is 9.86. The molecule has 34 heavy (non-hydrogen) atoms. The highest BCUT2D eigenvalue weighted by Gasteiger charge is 1.99. The van der Waals surface area contributed by atoms with E-state index in [1.54, 1.807) is 0 Å². The molecule has 4 heteroatoms. The predicted octanol–water partition coefficient (Wildman–Crippen LogP) is 4.50. The maximum absolute atomic E-state index is 9.86. The van der Waals surface area contributed by atoms with E-state index in [-0.39, 0.29) is 0 Å². The first kappa shape index (κ1) is 31.8. The normalized spacial score (nSPS) is 14.1. The van der Waals surface area contributed by atoms with E-state index >= 15 is 0 Å². The lowest BCUT2D eigenvalue weighted by Gasteiger charge is -2.03. The van der Waals surface area contributed by atoms with Gasteiger partial charge in [0.25, 0.3) is 0 Å². The molecule has 4 atom stereocenters. The topological polar surface area (TPSA) is 80.9 Å². The summed E-state index contributed by atoms with van der Waals surface area (Å²) in [5.74, 6) is 16.2. The van der Waals surface area contributed by atoms with Crippen LogP contribution in [-0.2, 0) is 0 Å². The summed E-state index contributed by atoms with van der Waals surface area (Å²) in [4.78, 5) is 0. The Morgan fingerprint density at radius 2 is 0.824 bits per heavy atom. The molecule has 0 aromatic rings. The van der Waals surface area contributed by atoms with Crippen LogP contribution in [0.4, 0.5) is 0 Å². The minimum absolute atomic E-state index is 0.609. The van der Waals surface area contributed by atoms with Crippen LogP contribution in [0.15, 0.2) is 12.2 Å². The van der Waals surface area contributed by atoms with Crippen LogP contribution in [0.1, 0.15) is 103 Å². The molecular weight excluding hydrogens is 424 g/mol. The molecule has 0 fully saturated rings. The first-order valence-electron chi connectivity index (χ1n) is 12.8. The molecule has 0 aromatic carbocycles. The van der Waals surface area contributed by atoms with E-state index in [0.29, 0.717) is 12.8 Å². The maximum Gasteiger partial charge on any atom is 0.133 e. The molecule has 0 amide bonds. The smallest absolute Gasteiger partial charge is 0.133 e. The first-order chi connectivity index (χ1) is 16.5. The van der Waals surface area contributed by atoms with Gasteiger partial charge in [0.05, 0.1) is 0 Å². The van der Waals surface area contributed by atoms with Crippen molar-refractivity contribution in [3.63, 3.8) is 0 Å². The summed E-state index contributed by atoms with van der Waals surface area (Å²) in [6, 6.07) is 0. The molecule has 0 bridgehead atoms. The lowest BCUT2D eigenvalue weighted by atomic mass is 10.1. The Morgan fingerprint density at radius 1 is 0.500 bits per heavy atom. The van der Waals surface area contributed by atoms with E-state index in [1.807, 2.05) is 0 Å². The van der Waals surface area contributed by atoms with Gasteiger partial charge < -0.3 is 20.4 Å². The first-order valence-corrected chi connectivity index (χ1v) is 12.8. The van der Waals surface area contributed by atoms with Crippen molar-refractivity contribution in [2.24, 2.45) is 0 Å². The molecule has 0 spiro atoms. The number of hydrogen-bond donors (Lipinski definition) is 4. The van der Waals surface area contributed by atoms with Gasteiger partial charge in [-0.25, -0.2) is 0 Å². The van der Waals surface area contributed by atoms with E-state index in [1.165, 1.54) is 12.2 Å². The van der Waals surface area contributed by atoms with Crippen LogP contribution in [0, 0.1) is 48.4 Å². The Hall–Kier alpha value is -2.18. The molecule has 0 saturated heterocycles. The largest absolute Gasteiger partial charge is 0.380 e. The van der Waals surface area contributed by atoms with Crippen LogP contribution in [-0.4, -0.2) is 44.8 Å². The van der Waals surface area contributed by atoms with Gasteiger partial charge in [0.1, 0.15) is 24.4 Å². The fraction of sp³-hybridized carbons (Fsp3) is 0.667. The van der Waals surface area contributed by atoms with Gasteiger partial charge in [0.15, 0.2) is 0 Å². The minimum Gasteiger partial charge on any atom is -0.380 e. The predicted molar refractivity (Wildman–Crippen MR) is 140 cm³/mol. The molecule has 0 radical (unpaired) electrons. The van der Waals surface area contributed by atoms with Crippen molar-refractivity contribution in [3.05, 3.63) is 12.2 Å². The minimum atomic E-state index is -0.888. The van der Waals surface area contributed by atoms with Gasteiger partial charge >= 0.3 is 0 Å². The quantitative estimate of drug-likeness (QED) is 0.136. The fourth-order valence-electron chi connectivity index (χ4n) is 3.34. The summed E-state index contributed by atoms with van der Waals surface area (Å²) >= 11 is 0. The van der Waals surface area contributed by atoms with Crippen molar-refractivity contribution in [3.8, 4) is 48.4 Å². The molecular formula is C30H44O4. The van der Waals surface area contributed by atoms with E-state index < -0.39 is 24.4 Å². The van der Waals surface area contributed by atoms with Crippen molar-refractivity contribution >= 4 is 0 Å². The third-order valence-corrected chi connectivity index (χ3v) is 5.42. The number of aliphatic hydroxyl groups excluding tert-OH is 4. The van der Waals surface area contributed by atoms with Crippen LogP contribution in [0.2, 0.25) is 0 Å². The summed E-state index contributed by atoms with van der Waals surface area (Å²) < 4.78 is 0. The Kier molecular flexibility index (Phi) is 22.4. The van der Waals surface area contributed by atoms with Crippen LogP contribution >= 0.6 is 0 Å². The average Bonchev–Trinajstić information content (AvgIpc) is 2.84. The van der Waals surface area contributed by atoms with Crippen molar-refractivity contribution in [1.82, 2.24) is 0 Å². The average molecular weight is 469 g/mol. The number of hydrogen-bond acceptors (Lipinski definition) is 4. The van der Waals surface area contributed by atoms with E-state index in [4.69, 9.17) is 12.8 Å². The SMILES string of the molecule is C#C[C@@H](O)CCCCCCCCC#C[C@@H](O)/C=C\[C@H](O)C#CCCCCCCCC[C@H](O)C#C. The van der Waals surface area contributed by atoms with E-state index in [0.717, 1.165) is 89.9 Å². The van der Waals surface area contributed by atoms with Crippen molar-refractivity contribution in [1.29, 1.82) is 0 Å². The zero-order valence-electron chi connectivity index (χ0n) is 20.7. The van der Waals surface area contributed by atoms with E-state index in [2.05, 4.69) is 35.5 Å². The summed E-state index contributed by atoms with van der Waals surface area (Å²) in [5.41, 5.74) is 0. The van der Waals surface area contributed by atoms with Gasteiger partial charge in [-0.15, -0.1) is 24.7 Å². The molecule has 0 aliphatic rings. The lowest BCUT2D eigenvalue weighted by molar-refractivity contribution is 0.217. The molecule has 4 N–H and O–H groups in total. The van der Waals surface area contributed by atoms with Crippen LogP contribution < -0.4 is 0 Å². The summed E-state index contributed by atoms with van der Waals surface area (Å²) in [7, 11) is 0. The molecule has 0 aliphatic carbocycles. The van der Waals surface area contributed by atoms with Gasteiger partial charge in [-0.3, -0.25) is 0 Å². The molecule has 0 rings (SSSR count). The molecule has 0 aromatic heterocycles. The Balaban J connectivity index is 3.69. The van der Waals surface area contributed by atoms with Crippen LogP contribution in [0.25, 0.3) is 0 Å². The Bertz CT molecular complexity index is 657. The Labute approximate surface area is 208 Å². The van der Waals surface area contributed by atoms with Gasteiger partial charge in [-0.1, -0.05) is 75.0 Å². The molecule has 0 saturated carbocycles. The highest BCUT2D eigenvalue weighted by molar-refractivity contribution is 5.17. The third kappa shape index (κ3) is 23.0. The molecule has 0 unspecified atom stereocenters. The number of terminal acetylenes is 2. The van der Waals surface area contributed by atoms with E-state index in [9.17, 15) is 20.4 Å². The number of unbranched alkanes of at least 4 members (excludes halogenated alkanes) is 12. The van der Waals surface area contributed by atoms with Crippen molar-refractivity contribution in [2.75, 3.05) is 0 Å².